The highest BCUT2D eigenvalue weighted by Crippen LogP contribution is 2.25. The Kier molecular flexibility index (Phi) is 5.15. The summed E-state index contributed by atoms with van der Waals surface area (Å²) in [5, 5.41) is 3.30. The van der Waals surface area contributed by atoms with Crippen molar-refractivity contribution in [2.24, 2.45) is 5.73 Å². The van der Waals surface area contributed by atoms with Gasteiger partial charge in [0.15, 0.2) is 0 Å². The van der Waals surface area contributed by atoms with E-state index in [9.17, 15) is 4.79 Å². The molecule has 0 aromatic heterocycles. The van der Waals surface area contributed by atoms with Crippen LogP contribution in [0.25, 0.3) is 0 Å². The highest BCUT2D eigenvalue weighted by Gasteiger charge is 2.14. The first-order valence-electron chi connectivity index (χ1n) is 5.53. The molecule has 0 saturated heterocycles. The summed E-state index contributed by atoms with van der Waals surface area (Å²) in [6, 6.07) is 5.47. The number of anilines is 2. The number of para-hydroxylation sites is 1. The molecule has 0 saturated carbocycles. The van der Waals surface area contributed by atoms with Crippen molar-refractivity contribution >= 4 is 29.0 Å². The normalized spacial score (nSPS) is 12.1. The first-order valence-corrected chi connectivity index (χ1v) is 6.93. The minimum absolute atomic E-state index is 0.285. The van der Waals surface area contributed by atoms with Crippen molar-refractivity contribution in [3.8, 4) is 0 Å². The Balaban J connectivity index is 2.99. The summed E-state index contributed by atoms with van der Waals surface area (Å²) in [5.74, 6) is 0.502. The highest BCUT2D eigenvalue weighted by atomic mass is 32.2. The zero-order chi connectivity index (χ0) is 12.8. The topological polar surface area (TPSA) is 81.1 Å². The number of benzene rings is 1. The molecule has 1 rings (SSSR count). The fourth-order valence-corrected chi connectivity index (χ4v) is 2.32. The molecule has 17 heavy (non-hydrogen) atoms. The van der Waals surface area contributed by atoms with Crippen molar-refractivity contribution in [2.75, 3.05) is 23.1 Å². The number of nitrogens with two attached hydrogens (primary N) is 2. The number of thioether (sulfide) groups is 1. The van der Waals surface area contributed by atoms with Crippen LogP contribution in [-0.4, -0.2) is 24.0 Å². The van der Waals surface area contributed by atoms with Gasteiger partial charge in [0.25, 0.3) is 5.91 Å². The SMILES string of the molecule is CCC(CSC)Nc1c(N)cccc1C(N)=O. The number of primary amides is 1. The third-order valence-electron chi connectivity index (χ3n) is 2.57. The van der Waals surface area contributed by atoms with E-state index in [2.05, 4.69) is 12.2 Å². The third-order valence-corrected chi connectivity index (χ3v) is 3.31. The van der Waals surface area contributed by atoms with E-state index in [1.54, 1.807) is 30.0 Å². The van der Waals surface area contributed by atoms with Crippen LogP contribution >= 0.6 is 11.8 Å². The van der Waals surface area contributed by atoms with Gasteiger partial charge in [0.05, 0.1) is 16.9 Å². The van der Waals surface area contributed by atoms with Crippen LogP contribution in [0, 0.1) is 0 Å². The van der Waals surface area contributed by atoms with Crippen molar-refractivity contribution < 1.29 is 4.79 Å². The van der Waals surface area contributed by atoms with Crippen LogP contribution in [0.5, 0.6) is 0 Å². The van der Waals surface area contributed by atoms with Gasteiger partial charge in [-0.15, -0.1) is 0 Å². The molecular weight excluding hydrogens is 234 g/mol. The maximum absolute atomic E-state index is 11.3. The van der Waals surface area contributed by atoms with Crippen LogP contribution < -0.4 is 16.8 Å². The van der Waals surface area contributed by atoms with Crippen LogP contribution in [-0.2, 0) is 0 Å². The molecule has 0 heterocycles. The second kappa shape index (κ2) is 6.39. The molecular formula is C12H19N3OS. The monoisotopic (exact) mass is 253 g/mol. The smallest absolute Gasteiger partial charge is 0.250 e. The summed E-state index contributed by atoms with van der Waals surface area (Å²) >= 11 is 1.75. The number of hydrogen-bond acceptors (Lipinski definition) is 4. The lowest BCUT2D eigenvalue weighted by Crippen LogP contribution is -2.24. The highest BCUT2D eigenvalue weighted by molar-refractivity contribution is 7.98. The zero-order valence-electron chi connectivity index (χ0n) is 10.2. The maximum Gasteiger partial charge on any atom is 0.250 e. The molecule has 1 unspecified atom stereocenters. The lowest BCUT2D eigenvalue weighted by Gasteiger charge is -2.20. The first kappa shape index (κ1) is 13.7. The number of carbonyl (C=O) groups is 1. The van der Waals surface area contributed by atoms with Gasteiger partial charge in [0, 0.05) is 11.8 Å². The van der Waals surface area contributed by atoms with Crippen LogP contribution in [0.4, 0.5) is 11.4 Å². The van der Waals surface area contributed by atoms with Crippen molar-refractivity contribution in [1.82, 2.24) is 0 Å². The Hall–Kier alpha value is -1.36. The molecule has 1 aromatic carbocycles. The number of amides is 1. The number of carbonyl (C=O) groups excluding carboxylic acids is 1. The van der Waals surface area contributed by atoms with E-state index in [0.717, 1.165) is 12.2 Å². The average Bonchev–Trinajstić information content (AvgIpc) is 2.30. The Labute approximate surface area is 106 Å². The van der Waals surface area contributed by atoms with E-state index in [0.29, 0.717) is 16.9 Å². The van der Waals surface area contributed by atoms with Crippen molar-refractivity contribution in [3.63, 3.8) is 0 Å². The van der Waals surface area contributed by atoms with E-state index in [-0.39, 0.29) is 6.04 Å². The molecule has 4 nitrogen and oxygen atoms in total. The standard InChI is InChI=1S/C12H19N3OS/c1-3-8(7-17-2)15-11-9(12(14)16)5-4-6-10(11)13/h4-6,8,15H,3,7,13H2,1-2H3,(H2,14,16). The van der Waals surface area contributed by atoms with Gasteiger partial charge in [0.1, 0.15) is 0 Å². The number of hydrogen-bond donors (Lipinski definition) is 3. The quantitative estimate of drug-likeness (QED) is 0.677. The summed E-state index contributed by atoms with van der Waals surface area (Å²) in [5.41, 5.74) is 12.9. The van der Waals surface area contributed by atoms with Gasteiger partial charge in [-0.05, 0) is 24.8 Å². The van der Waals surface area contributed by atoms with Gasteiger partial charge in [-0.3, -0.25) is 4.79 Å². The first-order chi connectivity index (χ1) is 8.10. The Morgan fingerprint density at radius 3 is 2.76 bits per heavy atom. The van der Waals surface area contributed by atoms with Crippen LogP contribution in [0.15, 0.2) is 18.2 Å². The molecule has 0 bridgehead atoms. The van der Waals surface area contributed by atoms with Gasteiger partial charge >= 0.3 is 0 Å². The Morgan fingerprint density at radius 1 is 1.53 bits per heavy atom. The molecule has 0 aliphatic rings. The van der Waals surface area contributed by atoms with E-state index in [4.69, 9.17) is 11.5 Å². The van der Waals surface area contributed by atoms with Gasteiger partial charge in [0.2, 0.25) is 0 Å². The summed E-state index contributed by atoms with van der Waals surface area (Å²) in [7, 11) is 0. The fourth-order valence-electron chi connectivity index (χ4n) is 1.60. The molecule has 0 spiro atoms. The molecule has 0 aliphatic heterocycles. The molecule has 5 heteroatoms. The molecule has 0 aliphatic carbocycles. The van der Waals surface area contributed by atoms with Gasteiger partial charge in [-0.25, -0.2) is 0 Å². The minimum atomic E-state index is -0.459. The van der Waals surface area contributed by atoms with E-state index < -0.39 is 5.91 Å². The summed E-state index contributed by atoms with van der Waals surface area (Å²) in [6.07, 6.45) is 3.01. The Morgan fingerprint density at radius 2 is 2.24 bits per heavy atom. The van der Waals surface area contributed by atoms with Crippen LogP contribution in [0.2, 0.25) is 0 Å². The van der Waals surface area contributed by atoms with E-state index >= 15 is 0 Å². The van der Waals surface area contributed by atoms with Crippen molar-refractivity contribution in [1.29, 1.82) is 0 Å². The predicted molar refractivity (Wildman–Crippen MR) is 75.5 cm³/mol. The van der Waals surface area contributed by atoms with Crippen molar-refractivity contribution in [2.45, 2.75) is 19.4 Å². The molecule has 5 N–H and O–H groups in total. The van der Waals surface area contributed by atoms with Crippen molar-refractivity contribution in [3.05, 3.63) is 23.8 Å². The average molecular weight is 253 g/mol. The van der Waals surface area contributed by atoms with Crippen LogP contribution in [0.3, 0.4) is 0 Å². The summed E-state index contributed by atoms with van der Waals surface area (Å²) in [4.78, 5) is 11.3. The molecule has 94 valence electrons. The number of nitrogen functional groups attached to an aromatic ring is 1. The largest absolute Gasteiger partial charge is 0.397 e. The van der Waals surface area contributed by atoms with E-state index in [1.807, 2.05) is 6.26 Å². The lowest BCUT2D eigenvalue weighted by molar-refractivity contribution is 0.100. The van der Waals surface area contributed by atoms with Crippen LogP contribution in [0.1, 0.15) is 23.7 Å². The predicted octanol–water partition coefficient (Wildman–Crippen LogP) is 1.92. The maximum atomic E-state index is 11.3. The second-order valence-electron chi connectivity index (χ2n) is 3.84. The number of nitrogens with one attached hydrogen (secondary N) is 1. The van der Waals surface area contributed by atoms with Gasteiger partial charge < -0.3 is 16.8 Å². The second-order valence-corrected chi connectivity index (χ2v) is 4.75. The molecule has 1 amide bonds. The lowest BCUT2D eigenvalue weighted by atomic mass is 10.1. The molecule has 1 atom stereocenters. The summed E-state index contributed by atoms with van der Waals surface area (Å²) < 4.78 is 0. The molecule has 0 radical (unpaired) electrons. The molecule has 1 aromatic rings. The Bertz CT molecular complexity index is 395. The number of rotatable bonds is 6. The minimum Gasteiger partial charge on any atom is -0.397 e. The zero-order valence-corrected chi connectivity index (χ0v) is 11.0. The third kappa shape index (κ3) is 3.56. The molecule has 0 fully saturated rings. The van der Waals surface area contributed by atoms with E-state index in [1.165, 1.54) is 0 Å². The summed E-state index contributed by atoms with van der Waals surface area (Å²) in [6.45, 7) is 2.09. The van der Waals surface area contributed by atoms with Gasteiger partial charge in [-0.2, -0.15) is 11.8 Å². The fraction of sp³-hybridized carbons (Fsp3) is 0.417. The van der Waals surface area contributed by atoms with Gasteiger partial charge in [-0.1, -0.05) is 13.0 Å².